The van der Waals surface area contributed by atoms with E-state index in [2.05, 4.69) is 27.0 Å². The van der Waals surface area contributed by atoms with Gasteiger partial charge in [-0.05, 0) is 56.9 Å². The Morgan fingerprint density at radius 1 is 1.20 bits per heavy atom. The molecular weight excluding hydrogens is 538 g/mol. The van der Waals surface area contributed by atoms with Crippen molar-refractivity contribution in [1.82, 2.24) is 9.80 Å². The van der Waals surface area contributed by atoms with Crippen molar-refractivity contribution >= 4 is 35.2 Å². The molecule has 1 spiro atoms. The highest BCUT2D eigenvalue weighted by molar-refractivity contribution is 8.02. The standard InChI is InChI=1S/C32H45N3O5S/c1-7-11-18-33(16-8-2)31(39)28-32-21(5)19-25(41-32)26(27(32)30(38)35(28)22(6)20-36)29(37)34(17-9-3)23-12-14-24(15-13-23)40-10-4/h8-9,12-15,21-22,25-28,36H,2-3,7,10-11,16-20H2,1,4-6H3/t21?,22-,25+,26-,27+,28?,32?/m1/s1. The zero-order valence-corrected chi connectivity index (χ0v) is 25.6. The molecule has 0 aliphatic carbocycles. The number of carbonyl (C=O) groups is 3. The van der Waals surface area contributed by atoms with E-state index in [-0.39, 0.29) is 35.5 Å². The average molecular weight is 584 g/mol. The molecule has 3 heterocycles. The van der Waals surface area contributed by atoms with E-state index in [1.807, 2.05) is 31.2 Å². The highest BCUT2D eigenvalue weighted by Crippen LogP contribution is 2.69. The SMILES string of the molecule is C=CCN(CCCC)C(=O)C1N([C@H](C)CO)C(=O)[C@@H]2[C@H](C(=O)N(CC=C)c3ccc(OCC)cc3)[C@@H]3CC(C)C12S3. The number of thioether (sulfide) groups is 1. The van der Waals surface area contributed by atoms with Crippen LogP contribution in [0.3, 0.4) is 0 Å². The van der Waals surface area contributed by atoms with Crippen molar-refractivity contribution in [3.63, 3.8) is 0 Å². The van der Waals surface area contributed by atoms with Crippen molar-refractivity contribution in [1.29, 1.82) is 0 Å². The Morgan fingerprint density at radius 2 is 1.88 bits per heavy atom. The van der Waals surface area contributed by atoms with Crippen LogP contribution < -0.4 is 9.64 Å². The smallest absolute Gasteiger partial charge is 0.247 e. The summed E-state index contributed by atoms with van der Waals surface area (Å²) in [6.45, 7) is 17.2. The minimum Gasteiger partial charge on any atom is -0.494 e. The Morgan fingerprint density at radius 3 is 2.46 bits per heavy atom. The molecule has 9 heteroatoms. The summed E-state index contributed by atoms with van der Waals surface area (Å²) >= 11 is 1.65. The van der Waals surface area contributed by atoms with Gasteiger partial charge in [0, 0.05) is 30.6 Å². The molecule has 224 valence electrons. The molecule has 2 bridgehead atoms. The highest BCUT2D eigenvalue weighted by Gasteiger charge is 2.76. The van der Waals surface area contributed by atoms with Crippen LogP contribution in [0.15, 0.2) is 49.6 Å². The summed E-state index contributed by atoms with van der Waals surface area (Å²) in [6, 6.07) is 6.09. The fourth-order valence-corrected chi connectivity index (χ4v) is 9.47. The zero-order valence-electron chi connectivity index (χ0n) is 24.8. The Kier molecular flexibility index (Phi) is 9.90. The molecule has 3 amide bonds. The maximum absolute atomic E-state index is 14.4. The van der Waals surface area contributed by atoms with Crippen LogP contribution in [0.4, 0.5) is 5.69 Å². The number of benzene rings is 1. The van der Waals surface area contributed by atoms with E-state index in [9.17, 15) is 19.5 Å². The van der Waals surface area contributed by atoms with E-state index < -0.39 is 28.7 Å². The van der Waals surface area contributed by atoms with Crippen molar-refractivity contribution in [3.05, 3.63) is 49.6 Å². The van der Waals surface area contributed by atoms with Gasteiger partial charge in [-0.25, -0.2) is 0 Å². The molecule has 3 saturated heterocycles. The van der Waals surface area contributed by atoms with E-state index >= 15 is 0 Å². The lowest BCUT2D eigenvalue weighted by atomic mass is 9.65. The van der Waals surface area contributed by atoms with Gasteiger partial charge in [0.05, 0.1) is 35.8 Å². The summed E-state index contributed by atoms with van der Waals surface area (Å²) < 4.78 is 4.84. The second-order valence-corrected chi connectivity index (χ2v) is 13.0. The first-order valence-electron chi connectivity index (χ1n) is 14.9. The molecule has 4 rings (SSSR count). The predicted molar refractivity (Wildman–Crippen MR) is 164 cm³/mol. The van der Waals surface area contributed by atoms with Gasteiger partial charge in [0.2, 0.25) is 17.7 Å². The third-order valence-electron chi connectivity index (χ3n) is 8.92. The minimum absolute atomic E-state index is 0.0513. The van der Waals surface area contributed by atoms with Crippen LogP contribution in [-0.4, -0.2) is 87.6 Å². The first-order chi connectivity index (χ1) is 19.7. The van der Waals surface area contributed by atoms with Gasteiger partial charge in [-0.2, -0.15) is 0 Å². The van der Waals surface area contributed by atoms with Crippen LogP contribution in [0.1, 0.15) is 47.0 Å². The molecule has 0 saturated carbocycles. The molecule has 1 aromatic rings. The van der Waals surface area contributed by atoms with Crippen LogP contribution in [0, 0.1) is 17.8 Å². The Hall–Kier alpha value is -2.78. The van der Waals surface area contributed by atoms with Gasteiger partial charge in [-0.15, -0.1) is 24.9 Å². The number of carbonyl (C=O) groups excluding carboxylic acids is 3. The Labute approximate surface area is 248 Å². The molecule has 3 aliphatic heterocycles. The number of ether oxygens (including phenoxy) is 1. The van der Waals surface area contributed by atoms with Crippen molar-refractivity contribution < 1.29 is 24.2 Å². The third-order valence-corrected chi connectivity index (χ3v) is 11.0. The number of nitrogens with zero attached hydrogens (tertiary/aromatic N) is 3. The molecule has 1 aromatic carbocycles. The summed E-state index contributed by atoms with van der Waals surface area (Å²) in [4.78, 5) is 48.3. The molecule has 41 heavy (non-hydrogen) atoms. The van der Waals surface area contributed by atoms with Gasteiger partial charge < -0.3 is 24.5 Å². The van der Waals surface area contributed by atoms with Crippen LogP contribution >= 0.6 is 11.8 Å². The number of unbranched alkanes of at least 4 members (excludes halogenated alkanes) is 1. The summed E-state index contributed by atoms with van der Waals surface area (Å²) in [6.07, 6.45) is 5.94. The zero-order chi connectivity index (χ0) is 29.9. The van der Waals surface area contributed by atoms with Gasteiger partial charge in [0.25, 0.3) is 0 Å². The van der Waals surface area contributed by atoms with Gasteiger partial charge in [0.15, 0.2) is 0 Å². The van der Waals surface area contributed by atoms with Crippen molar-refractivity contribution in [3.8, 4) is 5.75 Å². The number of fused-ring (bicyclic) bond motifs is 1. The number of aliphatic hydroxyl groups excluding tert-OH is 1. The summed E-state index contributed by atoms with van der Waals surface area (Å²) in [5.41, 5.74) is 0.712. The quantitative estimate of drug-likeness (QED) is 0.331. The van der Waals surface area contributed by atoms with E-state index in [1.54, 1.807) is 45.5 Å². The topological polar surface area (TPSA) is 90.4 Å². The monoisotopic (exact) mass is 583 g/mol. The second-order valence-electron chi connectivity index (χ2n) is 11.4. The normalized spacial score (nSPS) is 28.8. The van der Waals surface area contributed by atoms with E-state index in [4.69, 9.17) is 4.74 Å². The molecule has 0 aromatic heterocycles. The Bertz CT molecular complexity index is 1140. The largest absolute Gasteiger partial charge is 0.494 e. The maximum Gasteiger partial charge on any atom is 0.247 e. The lowest BCUT2D eigenvalue weighted by Crippen LogP contribution is -2.59. The molecule has 8 nitrogen and oxygen atoms in total. The summed E-state index contributed by atoms with van der Waals surface area (Å²) in [5, 5.41) is 10.1. The first-order valence-corrected chi connectivity index (χ1v) is 15.7. The lowest BCUT2D eigenvalue weighted by Gasteiger charge is -2.42. The second kappa shape index (κ2) is 13.0. The minimum atomic E-state index is -0.750. The van der Waals surface area contributed by atoms with Crippen LogP contribution in [0.2, 0.25) is 0 Å². The molecule has 7 atom stereocenters. The number of anilines is 1. The lowest BCUT2D eigenvalue weighted by molar-refractivity contribution is -0.145. The molecule has 1 N–H and O–H groups in total. The molecule has 0 radical (unpaired) electrons. The fraction of sp³-hybridized carbons (Fsp3) is 0.594. The number of rotatable bonds is 14. The number of hydrogen-bond donors (Lipinski definition) is 1. The van der Waals surface area contributed by atoms with Gasteiger partial charge >= 0.3 is 0 Å². The molecule has 3 aliphatic rings. The van der Waals surface area contributed by atoms with Gasteiger partial charge in [-0.3, -0.25) is 14.4 Å². The first kappa shape index (κ1) is 31.2. The van der Waals surface area contributed by atoms with Crippen LogP contribution in [0.25, 0.3) is 0 Å². The van der Waals surface area contributed by atoms with Crippen molar-refractivity contribution in [2.75, 3.05) is 37.7 Å². The van der Waals surface area contributed by atoms with E-state index in [1.165, 1.54) is 0 Å². The van der Waals surface area contributed by atoms with E-state index in [0.29, 0.717) is 31.9 Å². The van der Waals surface area contributed by atoms with Crippen LogP contribution in [0.5, 0.6) is 5.75 Å². The van der Waals surface area contributed by atoms with Crippen molar-refractivity contribution in [2.24, 2.45) is 17.8 Å². The van der Waals surface area contributed by atoms with Gasteiger partial charge in [-0.1, -0.05) is 32.4 Å². The predicted octanol–water partition coefficient (Wildman–Crippen LogP) is 4.14. The van der Waals surface area contributed by atoms with Crippen LogP contribution in [-0.2, 0) is 14.4 Å². The Balaban J connectivity index is 1.76. The molecule has 3 fully saturated rings. The van der Waals surface area contributed by atoms with Crippen molar-refractivity contribution in [2.45, 2.75) is 69.0 Å². The number of likely N-dealkylation sites (tertiary alicyclic amines) is 1. The number of hydrogen-bond acceptors (Lipinski definition) is 6. The fourth-order valence-electron chi connectivity index (χ4n) is 7.07. The molecular formula is C32H45N3O5S. The maximum atomic E-state index is 14.4. The number of aliphatic hydroxyl groups is 1. The van der Waals surface area contributed by atoms with Gasteiger partial charge in [0.1, 0.15) is 11.8 Å². The van der Waals surface area contributed by atoms with E-state index in [0.717, 1.165) is 25.0 Å². The molecule has 3 unspecified atom stereocenters. The summed E-state index contributed by atoms with van der Waals surface area (Å²) in [7, 11) is 0. The average Bonchev–Trinajstić information content (AvgIpc) is 3.57. The summed E-state index contributed by atoms with van der Waals surface area (Å²) in [5.74, 6) is -0.902. The highest BCUT2D eigenvalue weighted by atomic mass is 32.2. The third kappa shape index (κ3) is 5.31. The number of amides is 3.